The van der Waals surface area contributed by atoms with Crippen LogP contribution in [0.5, 0.6) is 0 Å². The lowest BCUT2D eigenvalue weighted by molar-refractivity contribution is 0.103. The number of hydrogen-bond acceptors (Lipinski definition) is 4. The molecule has 2 aromatic rings. The van der Waals surface area contributed by atoms with Crippen molar-refractivity contribution in [1.82, 2.24) is 4.98 Å². The summed E-state index contributed by atoms with van der Waals surface area (Å²) in [6.45, 7) is 3.94. The molecular formula is C14H16N2OS. The molecule has 4 heteroatoms. The third kappa shape index (κ3) is 2.43. The minimum absolute atomic E-state index is 0.000509. The van der Waals surface area contributed by atoms with Gasteiger partial charge >= 0.3 is 0 Å². The summed E-state index contributed by atoms with van der Waals surface area (Å²) >= 11 is 1.48. The van der Waals surface area contributed by atoms with Crippen LogP contribution in [0, 0.1) is 13.8 Å². The molecule has 94 valence electrons. The molecule has 0 spiro atoms. The highest BCUT2D eigenvalue weighted by Gasteiger charge is 2.16. The normalized spacial score (nSPS) is 10.4. The number of thiazole rings is 1. The third-order valence-corrected chi connectivity index (χ3v) is 3.75. The van der Waals surface area contributed by atoms with E-state index in [2.05, 4.69) is 4.98 Å². The van der Waals surface area contributed by atoms with Crippen molar-refractivity contribution in [2.24, 2.45) is 0 Å². The van der Waals surface area contributed by atoms with Gasteiger partial charge in [-0.2, -0.15) is 0 Å². The van der Waals surface area contributed by atoms with Crippen LogP contribution in [0.2, 0.25) is 0 Å². The van der Waals surface area contributed by atoms with E-state index < -0.39 is 0 Å². The van der Waals surface area contributed by atoms with Crippen LogP contribution < -0.4 is 4.90 Å². The summed E-state index contributed by atoms with van der Waals surface area (Å²) in [5.74, 6) is 0.000509. The second kappa shape index (κ2) is 4.90. The quantitative estimate of drug-likeness (QED) is 0.795. The summed E-state index contributed by atoms with van der Waals surface area (Å²) in [4.78, 5) is 18.6. The van der Waals surface area contributed by atoms with Crippen molar-refractivity contribution in [2.45, 2.75) is 13.8 Å². The maximum atomic E-state index is 12.4. The second-order valence-corrected chi connectivity index (χ2v) is 5.39. The van der Waals surface area contributed by atoms with Crippen molar-refractivity contribution in [2.75, 3.05) is 19.0 Å². The van der Waals surface area contributed by atoms with Crippen molar-refractivity contribution in [1.29, 1.82) is 0 Å². The second-order valence-electron chi connectivity index (χ2n) is 4.56. The van der Waals surface area contributed by atoms with Crippen LogP contribution in [0.1, 0.15) is 27.2 Å². The average Bonchev–Trinajstić information content (AvgIpc) is 2.81. The molecule has 0 radical (unpaired) electrons. The van der Waals surface area contributed by atoms with Gasteiger partial charge in [0.15, 0.2) is 5.13 Å². The molecular weight excluding hydrogens is 244 g/mol. The van der Waals surface area contributed by atoms with Gasteiger partial charge in [0, 0.05) is 25.0 Å². The van der Waals surface area contributed by atoms with Gasteiger partial charge in [-0.3, -0.25) is 4.79 Å². The fraction of sp³-hybridized carbons (Fsp3) is 0.286. The van der Waals surface area contributed by atoms with Crippen LogP contribution in [0.25, 0.3) is 0 Å². The third-order valence-electron chi connectivity index (χ3n) is 2.74. The zero-order valence-electron chi connectivity index (χ0n) is 11.0. The number of ketones is 1. The van der Waals surface area contributed by atoms with Gasteiger partial charge in [0.05, 0.1) is 0 Å². The monoisotopic (exact) mass is 260 g/mol. The lowest BCUT2D eigenvalue weighted by atomic mass is 10.0. The number of nitrogens with zero attached hydrogens (tertiary/aromatic N) is 2. The molecule has 0 bridgehead atoms. The summed E-state index contributed by atoms with van der Waals surface area (Å²) in [5.41, 5.74) is 3.35. The first-order valence-corrected chi connectivity index (χ1v) is 6.62. The Labute approximate surface area is 111 Å². The summed E-state index contributed by atoms with van der Waals surface area (Å²) < 4.78 is 0. The van der Waals surface area contributed by atoms with E-state index in [1.807, 2.05) is 56.4 Å². The molecule has 0 fully saturated rings. The van der Waals surface area contributed by atoms with Crippen molar-refractivity contribution < 1.29 is 4.79 Å². The molecule has 1 heterocycles. The van der Waals surface area contributed by atoms with Crippen LogP contribution in [0.3, 0.4) is 0 Å². The first-order valence-electron chi connectivity index (χ1n) is 5.74. The molecule has 0 unspecified atom stereocenters. The lowest BCUT2D eigenvalue weighted by Crippen LogP contribution is -2.09. The van der Waals surface area contributed by atoms with Gasteiger partial charge in [-0.15, -0.1) is 11.3 Å². The molecule has 3 nitrogen and oxygen atoms in total. The van der Waals surface area contributed by atoms with Crippen molar-refractivity contribution in [3.05, 3.63) is 46.0 Å². The van der Waals surface area contributed by atoms with E-state index in [4.69, 9.17) is 0 Å². The predicted molar refractivity (Wildman–Crippen MR) is 75.8 cm³/mol. The number of aromatic nitrogens is 1. The molecule has 0 aliphatic carbocycles. The number of benzene rings is 1. The summed E-state index contributed by atoms with van der Waals surface area (Å²) in [6, 6.07) is 5.91. The molecule has 0 amide bonds. The molecule has 18 heavy (non-hydrogen) atoms. The smallest absolute Gasteiger partial charge is 0.212 e. The minimum atomic E-state index is 0.000509. The van der Waals surface area contributed by atoms with Crippen molar-refractivity contribution >= 4 is 22.3 Å². The number of rotatable bonds is 3. The van der Waals surface area contributed by atoms with Crippen LogP contribution in [-0.4, -0.2) is 24.9 Å². The van der Waals surface area contributed by atoms with E-state index in [1.54, 1.807) is 0 Å². The number of aryl methyl sites for hydroxylation is 2. The SMILES string of the molecule is Cc1ccc(C)c(C(=O)c2csc(N(C)C)n2)c1. The van der Waals surface area contributed by atoms with E-state index >= 15 is 0 Å². The van der Waals surface area contributed by atoms with Gasteiger partial charge in [0.1, 0.15) is 5.69 Å². The van der Waals surface area contributed by atoms with Crippen molar-refractivity contribution in [3.8, 4) is 0 Å². The Morgan fingerprint density at radius 2 is 2.00 bits per heavy atom. The van der Waals surface area contributed by atoms with E-state index in [0.717, 1.165) is 21.8 Å². The Bertz CT molecular complexity index is 587. The Balaban J connectivity index is 2.38. The van der Waals surface area contributed by atoms with E-state index in [0.29, 0.717) is 5.69 Å². The van der Waals surface area contributed by atoms with Gasteiger partial charge in [-0.25, -0.2) is 4.98 Å². The maximum absolute atomic E-state index is 12.4. The van der Waals surface area contributed by atoms with Crippen LogP contribution in [-0.2, 0) is 0 Å². The van der Waals surface area contributed by atoms with Crippen LogP contribution in [0.4, 0.5) is 5.13 Å². The highest BCUT2D eigenvalue weighted by molar-refractivity contribution is 7.13. The molecule has 0 saturated heterocycles. The first-order chi connectivity index (χ1) is 8.49. The lowest BCUT2D eigenvalue weighted by Gasteiger charge is -2.06. The standard InChI is InChI=1S/C14H16N2OS/c1-9-5-6-10(2)11(7-9)13(17)12-8-18-14(15-12)16(3)4/h5-8H,1-4H3. The number of carbonyl (C=O) groups is 1. The average molecular weight is 260 g/mol. The molecule has 0 aliphatic heterocycles. The van der Waals surface area contributed by atoms with E-state index in [1.165, 1.54) is 11.3 Å². The Morgan fingerprint density at radius 1 is 1.28 bits per heavy atom. The van der Waals surface area contributed by atoms with Gasteiger partial charge in [-0.1, -0.05) is 17.7 Å². The van der Waals surface area contributed by atoms with Gasteiger partial charge in [0.2, 0.25) is 5.78 Å². The molecule has 1 aromatic carbocycles. The van der Waals surface area contributed by atoms with E-state index in [9.17, 15) is 4.79 Å². The fourth-order valence-electron chi connectivity index (χ4n) is 1.69. The molecule has 0 N–H and O–H groups in total. The van der Waals surface area contributed by atoms with Crippen LogP contribution in [0.15, 0.2) is 23.6 Å². The summed E-state index contributed by atoms with van der Waals surface area (Å²) in [7, 11) is 3.84. The zero-order valence-corrected chi connectivity index (χ0v) is 11.8. The molecule has 0 atom stereocenters. The summed E-state index contributed by atoms with van der Waals surface area (Å²) in [5, 5.41) is 2.67. The number of hydrogen-bond donors (Lipinski definition) is 0. The van der Waals surface area contributed by atoms with Gasteiger partial charge < -0.3 is 4.90 Å². The van der Waals surface area contributed by atoms with Gasteiger partial charge in [0.25, 0.3) is 0 Å². The minimum Gasteiger partial charge on any atom is -0.354 e. The summed E-state index contributed by atoms with van der Waals surface area (Å²) in [6.07, 6.45) is 0. The molecule has 0 saturated carbocycles. The molecule has 1 aromatic heterocycles. The van der Waals surface area contributed by atoms with Crippen LogP contribution >= 0.6 is 11.3 Å². The maximum Gasteiger partial charge on any atom is 0.212 e. The Kier molecular flexibility index (Phi) is 3.48. The number of anilines is 1. The zero-order chi connectivity index (χ0) is 13.3. The molecule has 0 aliphatic rings. The molecule has 2 rings (SSSR count). The highest BCUT2D eigenvalue weighted by Crippen LogP contribution is 2.21. The topological polar surface area (TPSA) is 33.2 Å². The number of carbonyl (C=O) groups excluding carboxylic acids is 1. The Hall–Kier alpha value is -1.68. The Morgan fingerprint density at radius 3 is 2.61 bits per heavy atom. The highest BCUT2D eigenvalue weighted by atomic mass is 32.1. The predicted octanol–water partition coefficient (Wildman–Crippen LogP) is 3.06. The first kappa shape index (κ1) is 12.8. The van der Waals surface area contributed by atoms with Crippen molar-refractivity contribution in [3.63, 3.8) is 0 Å². The van der Waals surface area contributed by atoms with E-state index in [-0.39, 0.29) is 5.78 Å². The largest absolute Gasteiger partial charge is 0.354 e. The van der Waals surface area contributed by atoms with Gasteiger partial charge in [-0.05, 0) is 25.5 Å². The fourth-order valence-corrected chi connectivity index (χ4v) is 2.43.